The Kier molecular flexibility index (Phi) is 5.85. The van der Waals surface area contributed by atoms with E-state index in [1.807, 2.05) is 12.1 Å². The molecule has 2 amide bonds. The molecule has 1 heterocycles. The molecule has 0 saturated heterocycles. The van der Waals surface area contributed by atoms with Crippen molar-refractivity contribution in [3.8, 4) is 5.75 Å². The molecule has 1 aromatic heterocycles. The Morgan fingerprint density at radius 3 is 2.59 bits per heavy atom. The molecule has 3 aromatic rings. The molecule has 0 spiro atoms. The van der Waals surface area contributed by atoms with E-state index >= 15 is 0 Å². The van der Waals surface area contributed by atoms with Crippen LogP contribution < -0.4 is 16.2 Å². The molecule has 166 valence electrons. The van der Waals surface area contributed by atoms with E-state index in [-0.39, 0.29) is 0 Å². The van der Waals surface area contributed by atoms with Crippen molar-refractivity contribution < 1.29 is 24.2 Å². The molecule has 1 aliphatic rings. The minimum atomic E-state index is -1.08. The van der Waals surface area contributed by atoms with Crippen LogP contribution in [-0.2, 0) is 22.6 Å². The highest BCUT2D eigenvalue weighted by Crippen LogP contribution is 2.42. The lowest BCUT2D eigenvalue weighted by Gasteiger charge is -2.14. The quantitative estimate of drug-likeness (QED) is 0.490. The minimum absolute atomic E-state index is 0.407. The van der Waals surface area contributed by atoms with Crippen LogP contribution in [0.3, 0.4) is 0 Å². The molecule has 32 heavy (non-hydrogen) atoms. The zero-order chi connectivity index (χ0) is 22.8. The highest BCUT2D eigenvalue weighted by molar-refractivity contribution is 5.97. The summed E-state index contributed by atoms with van der Waals surface area (Å²) >= 11 is 0. The molecule has 8 nitrogen and oxygen atoms in total. The second kappa shape index (κ2) is 8.74. The fourth-order valence-electron chi connectivity index (χ4n) is 4.61. The average Bonchev–Trinajstić information content (AvgIpc) is 2.91. The summed E-state index contributed by atoms with van der Waals surface area (Å²) in [6.07, 6.45) is 3.15. The molecular formula is C24H25N3O5. The van der Waals surface area contributed by atoms with Crippen molar-refractivity contribution in [3.63, 3.8) is 0 Å². The maximum absolute atomic E-state index is 12.4. The number of fused-ring (bicyclic) bond motifs is 3. The van der Waals surface area contributed by atoms with Gasteiger partial charge in [-0.1, -0.05) is 24.6 Å². The smallest absolute Gasteiger partial charge is 0.341 e. The van der Waals surface area contributed by atoms with Crippen LogP contribution in [0.25, 0.3) is 10.9 Å². The number of nitrogens with zero attached hydrogens (tertiary/aromatic N) is 1. The summed E-state index contributed by atoms with van der Waals surface area (Å²) in [5.41, 5.74) is 15.2. The van der Waals surface area contributed by atoms with Gasteiger partial charge >= 0.3 is 5.97 Å². The summed E-state index contributed by atoms with van der Waals surface area (Å²) < 4.78 is 7.71. The molecular weight excluding hydrogens is 410 g/mol. The van der Waals surface area contributed by atoms with Gasteiger partial charge in [-0.05, 0) is 54.7 Å². The molecule has 2 aromatic carbocycles. The van der Waals surface area contributed by atoms with Gasteiger partial charge in [0.05, 0.1) is 11.4 Å². The van der Waals surface area contributed by atoms with Crippen molar-refractivity contribution in [2.24, 2.45) is 11.5 Å². The number of hydrogen-bond donors (Lipinski definition) is 3. The van der Waals surface area contributed by atoms with E-state index < -0.39 is 30.3 Å². The van der Waals surface area contributed by atoms with Crippen LogP contribution in [-0.4, -0.2) is 34.1 Å². The largest absolute Gasteiger partial charge is 0.481 e. The van der Waals surface area contributed by atoms with Crippen LogP contribution in [0.2, 0.25) is 0 Å². The number of primary amides is 2. The minimum Gasteiger partial charge on any atom is -0.481 e. The summed E-state index contributed by atoms with van der Waals surface area (Å²) in [5.74, 6) is -2.05. The average molecular weight is 435 g/mol. The number of amides is 2. The molecule has 0 aliphatic heterocycles. The van der Waals surface area contributed by atoms with Gasteiger partial charge in [0.15, 0.2) is 6.61 Å². The first-order valence-electron chi connectivity index (χ1n) is 10.5. The normalized spacial score (nSPS) is 15.7. The van der Waals surface area contributed by atoms with E-state index in [0.29, 0.717) is 24.3 Å². The molecule has 1 atom stereocenters. The SMILES string of the molecule is NC(=O)c1cccc(Cn2c3c(c4c(OCC(=O)O)cccc42)C(C(N)=O)CCCC3)c1. The topological polar surface area (TPSA) is 138 Å². The van der Waals surface area contributed by atoms with E-state index in [4.69, 9.17) is 21.3 Å². The fourth-order valence-corrected chi connectivity index (χ4v) is 4.61. The predicted molar refractivity (Wildman–Crippen MR) is 119 cm³/mol. The predicted octanol–water partition coefficient (Wildman–Crippen LogP) is 2.55. The fraction of sp³-hybridized carbons (Fsp3) is 0.292. The number of ether oxygens (including phenoxy) is 1. The first-order valence-corrected chi connectivity index (χ1v) is 10.5. The number of aromatic nitrogens is 1. The summed E-state index contributed by atoms with van der Waals surface area (Å²) in [7, 11) is 0. The Bertz CT molecular complexity index is 1210. The van der Waals surface area contributed by atoms with Gasteiger partial charge in [-0.15, -0.1) is 0 Å². The Hall–Kier alpha value is -3.81. The number of carbonyl (C=O) groups excluding carboxylic acids is 2. The lowest BCUT2D eigenvalue weighted by molar-refractivity contribution is -0.139. The van der Waals surface area contributed by atoms with Crippen molar-refractivity contribution in [2.75, 3.05) is 6.61 Å². The number of carboxylic acids is 1. The van der Waals surface area contributed by atoms with Crippen molar-refractivity contribution in [3.05, 3.63) is 64.8 Å². The van der Waals surface area contributed by atoms with Gasteiger partial charge in [0, 0.05) is 23.2 Å². The first kappa shape index (κ1) is 21.4. The zero-order valence-electron chi connectivity index (χ0n) is 17.5. The summed E-state index contributed by atoms with van der Waals surface area (Å²) in [4.78, 5) is 35.2. The van der Waals surface area contributed by atoms with E-state index in [9.17, 15) is 14.4 Å². The van der Waals surface area contributed by atoms with E-state index in [0.717, 1.165) is 47.0 Å². The Balaban J connectivity index is 1.93. The van der Waals surface area contributed by atoms with Gasteiger partial charge in [-0.3, -0.25) is 9.59 Å². The molecule has 0 fully saturated rings. The van der Waals surface area contributed by atoms with Crippen molar-refractivity contribution in [2.45, 2.75) is 38.1 Å². The summed E-state index contributed by atoms with van der Waals surface area (Å²) in [6, 6.07) is 12.6. The van der Waals surface area contributed by atoms with Gasteiger partial charge in [0.1, 0.15) is 5.75 Å². The van der Waals surface area contributed by atoms with Gasteiger partial charge in [0.25, 0.3) is 0 Å². The van der Waals surface area contributed by atoms with Crippen molar-refractivity contribution in [1.82, 2.24) is 4.57 Å². The highest BCUT2D eigenvalue weighted by atomic mass is 16.5. The van der Waals surface area contributed by atoms with E-state index in [1.54, 1.807) is 30.3 Å². The number of hydrogen-bond acceptors (Lipinski definition) is 4. The Labute approximate surface area is 184 Å². The second-order valence-electron chi connectivity index (χ2n) is 8.04. The van der Waals surface area contributed by atoms with Crippen LogP contribution >= 0.6 is 0 Å². The Morgan fingerprint density at radius 2 is 1.88 bits per heavy atom. The summed E-state index contributed by atoms with van der Waals surface area (Å²) in [6.45, 7) is -0.0260. The van der Waals surface area contributed by atoms with Crippen molar-refractivity contribution >= 4 is 28.7 Å². The molecule has 5 N–H and O–H groups in total. The van der Waals surface area contributed by atoms with Crippen LogP contribution in [0.5, 0.6) is 5.75 Å². The molecule has 1 aliphatic carbocycles. The summed E-state index contributed by atoms with van der Waals surface area (Å²) in [5, 5.41) is 9.82. The lowest BCUT2D eigenvalue weighted by atomic mass is 9.92. The maximum Gasteiger partial charge on any atom is 0.341 e. The molecule has 1 unspecified atom stereocenters. The van der Waals surface area contributed by atoms with Gasteiger partial charge in [0.2, 0.25) is 11.8 Å². The van der Waals surface area contributed by atoms with E-state index in [1.165, 1.54) is 0 Å². The monoisotopic (exact) mass is 435 g/mol. The van der Waals surface area contributed by atoms with E-state index in [2.05, 4.69) is 4.57 Å². The van der Waals surface area contributed by atoms with Gasteiger partial charge in [-0.2, -0.15) is 0 Å². The molecule has 8 heteroatoms. The molecule has 0 radical (unpaired) electrons. The number of carboxylic acid groups (broad SMARTS) is 1. The number of aliphatic carboxylic acids is 1. The van der Waals surface area contributed by atoms with Crippen LogP contribution in [0.15, 0.2) is 42.5 Å². The molecule has 0 saturated carbocycles. The standard InChI is InChI=1S/C24H25N3O5/c25-23(30)15-6-3-5-14(11-15)12-27-17-8-2-1-7-16(24(26)31)21(17)22-18(27)9-4-10-19(22)32-13-20(28)29/h3-6,9-11,16H,1-2,7-8,12-13H2,(H2,25,30)(H2,26,31)(H,28,29). The van der Waals surface area contributed by atoms with Gasteiger partial charge in [-0.25, -0.2) is 4.79 Å². The number of benzene rings is 2. The first-order chi connectivity index (χ1) is 15.4. The number of carbonyl (C=O) groups is 3. The third kappa shape index (κ3) is 4.03. The maximum atomic E-state index is 12.4. The molecule has 0 bridgehead atoms. The zero-order valence-corrected chi connectivity index (χ0v) is 17.5. The second-order valence-corrected chi connectivity index (χ2v) is 8.04. The number of rotatable bonds is 7. The third-order valence-corrected chi connectivity index (χ3v) is 5.95. The third-order valence-electron chi connectivity index (χ3n) is 5.95. The lowest BCUT2D eigenvalue weighted by Crippen LogP contribution is -2.21. The van der Waals surface area contributed by atoms with Crippen LogP contribution in [0.1, 0.15) is 52.4 Å². The van der Waals surface area contributed by atoms with Crippen LogP contribution in [0.4, 0.5) is 0 Å². The van der Waals surface area contributed by atoms with Gasteiger partial charge < -0.3 is 25.9 Å². The Morgan fingerprint density at radius 1 is 1.09 bits per heavy atom. The van der Waals surface area contributed by atoms with Crippen LogP contribution in [0, 0.1) is 0 Å². The number of nitrogens with two attached hydrogens (primary N) is 2. The van der Waals surface area contributed by atoms with Crippen molar-refractivity contribution in [1.29, 1.82) is 0 Å². The highest BCUT2D eigenvalue weighted by Gasteiger charge is 2.31. The molecule has 4 rings (SSSR count).